The van der Waals surface area contributed by atoms with Gasteiger partial charge in [-0.25, -0.2) is 0 Å². The number of aromatic nitrogens is 3. The molecule has 3 rings (SSSR count). The van der Waals surface area contributed by atoms with Crippen molar-refractivity contribution in [1.29, 1.82) is 0 Å². The molecule has 21 heavy (non-hydrogen) atoms. The van der Waals surface area contributed by atoms with Gasteiger partial charge in [0.2, 0.25) is 0 Å². The van der Waals surface area contributed by atoms with Crippen molar-refractivity contribution in [3.63, 3.8) is 0 Å². The molecule has 2 aromatic rings. The van der Waals surface area contributed by atoms with Gasteiger partial charge in [0.25, 0.3) is 0 Å². The summed E-state index contributed by atoms with van der Waals surface area (Å²) < 4.78 is 2.28. The zero-order chi connectivity index (χ0) is 14.5. The normalized spacial score (nSPS) is 16.0. The Balaban J connectivity index is 1.56. The first-order chi connectivity index (χ1) is 10.3. The van der Waals surface area contributed by atoms with Crippen molar-refractivity contribution in [3.8, 4) is 0 Å². The molecule has 2 heterocycles. The van der Waals surface area contributed by atoms with Gasteiger partial charge in [0.1, 0.15) is 11.6 Å². The van der Waals surface area contributed by atoms with Crippen LogP contribution >= 0.6 is 0 Å². The summed E-state index contributed by atoms with van der Waals surface area (Å²) in [6.45, 7) is 4.05. The van der Waals surface area contributed by atoms with Crippen molar-refractivity contribution in [2.45, 2.75) is 38.8 Å². The Labute approximate surface area is 125 Å². The lowest BCUT2D eigenvalue weighted by Gasteiger charge is -2.18. The highest BCUT2D eigenvalue weighted by Gasteiger charge is 2.19. The van der Waals surface area contributed by atoms with Gasteiger partial charge in [-0.15, -0.1) is 10.2 Å². The number of rotatable bonds is 5. The van der Waals surface area contributed by atoms with Crippen LogP contribution < -0.4 is 5.32 Å². The SMILES string of the molecule is CC(NC/C=C/c1ccccc1)c1nnc2n1CCCC2. The van der Waals surface area contributed by atoms with Gasteiger partial charge in [0.15, 0.2) is 0 Å². The van der Waals surface area contributed by atoms with Crippen molar-refractivity contribution in [1.82, 2.24) is 20.1 Å². The minimum Gasteiger partial charge on any atom is -0.314 e. The highest BCUT2D eigenvalue weighted by molar-refractivity contribution is 5.48. The maximum atomic E-state index is 4.36. The number of hydrogen-bond acceptors (Lipinski definition) is 3. The molecule has 110 valence electrons. The molecule has 4 heteroatoms. The predicted molar refractivity (Wildman–Crippen MR) is 84.9 cm³/mol. The summed E-state index contributed by atoms with van der Waals surface area (Å²) in [5.41, 5.74) is 1.23. The van der Waals surface area contributed by atoms with Crippen LogP contribution in [-0.4, -0.2) is 21.3 Å². The molecule has 0 spiro atoms. The molecule has 0 saturated carbocycles. The first-order valence-electron chi connectivity index (χ1n) is 7.71. The lowest BCUT2D eigenvalue weighted by Crippen LogP contribution is -2.23. The molecule has 1 N–H and O–H groups in total. The Hall–Kier alpha value is -1.94. The average molecular weight is 282 g/mol. The van der Waals surface area contributed by atoms with Gasteiger partial charge in [-0.1, -0.05) is 42.5 Å². The Morgan fingerprint density at radius 1 is 1.24 bits per heavy atom. The highest BCUT2D eigenvalue weighted by atomic mass is 15.3. The van der Waals surface area contributed by atoms with E-state index < -0.39 is 0 Å². The number of nitrogens with zero attached hydrogens (tertiary/aromatic N) is 3. The van der Waals surface area contributed by atoms with Crippen LogP contribution in [0, 0.1) is 0 Å². The van der Waals surface area contributed by atoms with Gasteiger partial charge in [-0.3, -0.25) is 0 Å². The van der Waals surface area contributed by atoms with Crippen LogP contribution in [0.2, 0.25) is 0 Å². The van der Waals surface area contributed by atoms with Crippen molar-refractivity contribution in [3.05, 3.63) is 53.6 Å². The number of hydrogen-bond donors (Lipinski definition) is 1. The summed E-state index contributed by atoms with van der Waals surface area (Å²) >= 11 is 0. The van der Waals surface area contributed by atoms with Crippen LogP contribution in [0.15, 0.2) is 36.4 Å². The van der Waals surface area contributed by atoms with Gasteiger partial charge in [-0.05, 0) is 25.3 Å². The zero-order valence-electron chi connectivity index (χ0n) is 12.5. The standard InChI is InChI=1S/C17H22N4/c1-14(17-20-19-16-11-5-6-13-21(16)17)18-12-7-10-15-8-3-2-4-9-15/h2-4,7-10,14,18H,5-6,11-13H2,1H3/b10-7+. The van der Waals surface area contributed by atoms with Crippen LogP contribution in [0.25, 0.3) is 6.08 Å². The van der Waals surface area contributed by atoms with Crippen LogP contribution in [0.3, 0.4) is 0 Å². The molecule has 0 fully saturated rings. The Morgan fingerprint density at radius 2 is 2.10 bits per heavy atom. The molecule has 0 saturated heterocycles. The molecule has 1 aromatic carbocycles. The number of benzene rings is 1. The molecular formula is C17H22N4. The lowest BCUT2D eigenvalue weighted by molar-refractivity contribution is 0.475. The third-order valence-corrected chi connectivity index (χ3v) is 3.93. The van der Waals surface area contributed by atoms with E-state index in [1.807, 2.05) is 6.07 Å². The van der Waals surface area contributed by atoms with Crippen LogP contribution in [0.5, 0.6) is 0 Å². The third-order valence-electron chi connectivity index (χ3n) is 3.93. The fourth-order valence-electron chi connectivity index (χ4n) is 2.75. The third kappa shape index (κ3) is 3.39. The molecule has 1 aliphatic rings. The van der Waals surface area contributed by atoms with Gasteiger partial charge in [0.05, 0.1) is 6.04 Å². The lowest BCUT2D eigenvalue weighted by atomic mass is 10.1. The Bertz CT molecular complexity index is 601. The smallest absolute Gasteiger partial charge is 0.149 e. The van der Waals surface area contributed by atoms with Gasteiger partial charge >= 0.3 is 0 Å². The van der Waals surface area contributed by atoms with Crippen LogP contribution in [0.1, 0.15) is 43.0 Å². The van der Waals surface area contributed by atoms with E-state index in [0.29, 0.717) is 0 Å². The minimum absolute atomic E-state index is 0.227. The predicted octanol–water partition coefficient (Wildman–Crippen LogP) is 2.98. The largest absolute Gasteiger partial charge is 0.314 e. The molecule has 1 unspecified atom stereocenters. The van der Waals surface area contributed by atoms with Crippen LogP contribution in [-0.2, 0) is 13.0 Å². The fraction of sp³-hybridized carbons (Fsp3) is 0.412. The van der Waals surface area contributed by atoms with Gasteiger partial charge in [-0.2, -0.15) is 0 Å². The van der Waals surface area contributed by atoms with Gasteiger partial charge in [0, 0.05) is 19.5 Å². The van der Waals surface area contributed by atoms with Crippen LogP contribution in [0.4, 0.5) is 0 Å². The molecule has 0 radical (unpaired) electrons. The second kappa shape index (κ2) is 6.68. The van der Waals surface area contributed by atoms with E-state index in [1.54, 1.807) is 0 Å². The van der Waals surface area contributed by atoms with Crippen molar-refractivity contribution >= 4 is 6.08 Å². The average Bonchev–Trinajstić information content (AvgIpc) is 2.96. The Kier molecular flexibility index (Phi) is 4.46. The summed E-state index contributed by atoms with van der Waals surface area (Å²) in [6.07, 6.45) is 7.82. The minimum atomic E-state index is 0.227. The monoisotopic (exact) mass is 282 g/mol. The quantitative estimate of drug-likeness (QED) is 0.916. The maximum absolute atomic E-state index is 4.36. The summed E-state index contributed by atoms with van der Waals surface area (Å²) in [5.74, 6) is 2.21. The summed E-state index contributed by atoms with van der Waals surface area (Å²) in [5, 5.41) is 12.2. The summed E-state index contributed by atoms with van der Waals surface area (Å²) in [7, 11) is 0. The van der Waals surface area contributed by atoms with E-state index >= 15 is 0 Å². The van der Waals surface area contributed by atoms with E-state index in [0.717, 1.165) is 31.2 Å². The molecule has 1 aliphatic heterocycles. The van der Waals surface area contributed by atoms with E-state index in [9.17, 15) is 0 Å². The number of aryl methyl sites for hydroxylation is 1. The molecule has 4 nitrogen and oxygen atoms in total. The molecule has 1 atom stereocenters. The summed E-state index contributed by atoms with van der Waals surface area (Å²) in [4.78, 5) is 0. The molecular weight excluding hydrogens is 260 g/mol. The summed E-state index contributed by atoms with van der Waals surface area (Å²) in [6, 6.07) is 10.6. The van der Waals surface area contributed by atoms with Crippen molar-refractivity contribution in [2.24, 2.45) is 0 Å². The number of nitrogens with one attached hydrogen (secondary N) is 1. The molecule has 1 aromatic heterocycles. The Morgan fingerprint density at radius 3 is 2.95 bits per heavy atom. The van der Waals surface area contributed by atoms with E-state index in [2.05, 4.69) is 63.4 Å². The highest BCUT2D eigenvalue weighted by Crippen LogP contribution is 2.18. The number of fused-ring (bicyclic) bond motifs is 1. The first kappa shape index (κ1) is 14.0. The molecule has 0 amide bonds. The van der Waals surface area contributed by atoms with Crippen molar-refractivity contribution in [2.75, 3.05) is 6.54 Å². The van der Waals surface area contributed by atoms with E-state index in [1.165, 1.54) is 18.4 Å². The van der Waals surface area contributed by atoms with Crippen molar-refractivity contribution < 1.29 is 0 Å². The van der Waals surface area contributed by atoms with E-state index in [-0.39, 0.29) is 6.04 Å². The van der Waals surface area contributed by atoms with E-state index in [4.69, 9.17) is 0 Å². The molecule has 0 bridgehead atoms. The second-order valence-corrected chi connectivity index (χ2v) is 5.53. The fourth-order valence-corrected chi connectivity index (χ4v) is 2.75. The maximum Gasteiger partial charge on any atom is 0.149 e. The first-order valence-corrected chi connectivity index (χ1v) is 7.71. The van der Waals surface area contributed by atoms with Gasteiger partial charge < -0.3 is 9.88 Å². The molecule has 0 aliphatic carbocycles. The second-order valence-electron chi connectivity index (χ2n) is 5.53. The topological polar surface area (TPSA) is 42.7 Å². The zero-order valence-corrected chi connectivity index (χ0v) is 12.5.